The van der Waals surface area contributed by atoms with E-state index in [1.165, 1.54) is 5.56 Å². The molecule has 0 saturated carbocycles. The quantitative estimate of drug-likeness (QED) is 0.902. The van der Waals surface area contributed by atoms with Crippen LogP contribution in [0.2, 0.25) is 0 Å². The molecule has 2 atom stereocenters. The second kappa shape index (κ2) is 6.74. The summed E-state index contributed by atoms with van der Waals surface area (Å²) < 4.78 is 0. The lowest BCUT2D eigenvalue weighted by molar-refractivity contribution is -0.147. The summed E-state index contributed by atoms with van der Waals surface area (Å²) >= 11 is 0. The summed E-state index contributed by atoms with van der Waals surface area (Å²) in [6.45, 7) is 6.88. The summed E-state index contributed by atoms with van der Waals surface area (Å²) in [6.07, 6.45) is 0.867. The molecule has 0 aromatic heterocycles. The summed E-state index contributed by atoms with van der Waals surface area (Å²) in [6, 6.07) is 9.94. The van der Waals surface area contributed by atoms with Crippen molar-refractivity contribution in [3.63, 3.8) is 0 Å². The highest BCUT2D eigenvalue weighted by atomic mass is 16.2. The minimum atomic E-state index is -0.339. The summed E-state index contributed by atoms with van der Waals surface area (Å²) in [5.41, 5.74) is 1.27. The van der Waals surface area contributed by atoms with E-state index < -0.39 is 0 Å². The Bertz CT molecular complexity index is 499. The topological polar surface area (TPSA) is 49.4 Å². The Balaban J connectivity index is 2.02. The molecule has 0 spiro atoms. The van der Waals surface area contributed by atoms with E-state index in [1.807, 2.05) is 32.0 Å². The molecule has 2 rings (SSSR count). The first-order valence-corrected chi connectivity index (χ1v) is 7.63. The van der Waals surface area contributed by atoms with Crippen molar-refractivity contribution in [3.05, 3.63) is 35.9 Å². The molecule has 1 heterocycles. The maximum atomic E-state index is 12.1. The molecule has 1 aromatic rings. The number of piperazine rings is 1. The van der Waals surface area contributed by atoms with Crippen molar-refractivity contribution in [3.8, 4) is 0 Å². The van der Waals surface area contributed by atoms with Crippen LogP contribution in [0, 0.1) is 5.92 Å². The minimum absolute atomic E-state index is 0.0218. The number of hydrogen-bond acceptors (Lipinski definition) is 2. The fraction of sp³-hybridized carbons (Fsp3) is 0.529. The van der Waals surface area contributed by atoms with E-state index in [4.69, 9.17) is 0 Å². The van der Waals surface area contributed by atoms with Gasteiger partial charge < -0.3 is 10.2 Å². The number of nitrogens with one attached hydrogen (secondary N) is 1. The van der Waals surface area contributed by atoms with Crippen LogP contribution in [0.25, 0.3) is 0 Å². The van der Waals surface area contributed by atoms with Gasteiger partial charge in [0.05, 0.1) is 6.54 Å². The van der Waals surface area contributed by atoms with Gasteiger partial charge in [0.15, 0.2) is 0 Å². The van der Waals surface area contributed by atoms with Crippen molar-refractivity contribution < 1.29 is 9.59 Å². The van der Waals surface area contributed by atoms with Crippen LogP contribution >= 0.6 is 0 Å². The van der Waals surface area contributed by atoms with Gasteiger partial charge in [-0.25, -0.2) is 0 Å². The van der Waals surface area contributed by atoms with Crippen LogP contribution in [-0.4, -0.2) is 35.8 Å². The van der Waals surface area contributed by atoms with Crippen LogP contribution in [0.3, 0.4) is 0 Å². The monoisotopic (exact) mass is 288 g/mol. The van der Waals surface area contributed by atoms with Gasteiger partial charge in [-0.05, 0) is 23.8 Å². The molecule has 4 nitrogen and oxygen atoms in total. The van der Waals surface area contributed by atoms with Crippen LogP contribution in [0.1, 0.15) is 38.7 Å². The third-order valence-electron chi connectivity index (χ3n) is 4.14. The van der Waals surface area contributed by atoms with E-state index in [-0.39, 0.29) is 30.3 Å². The lowest BCUT2D eigenvalue weighted by atomic mass is 9.95. The summed E-state index contributed by atoms with van der Waals surface area (Å²) in [7, 11) is 0. The Hall–Kier alpha value is -1.84. The average molecular weight is 288 g/mol. The Labute approximate surface area is 126 Å². The van der Waals surface area contributed by atoms with Crippen molar-refractivity contribution in [2.45, 2.75) is 39.2 Å². The van der Waals surface area contributed by atoms with Gasteiger partial charge >= 0.3 is 0 Å². The molecule has 114 valence electrons. The highest BCUT2D eigenvalue weighted by Gasteiger charge is 2.36. The average Bonchev–Trinajstić information content (AvgIpc) is 2.48. The third-order valence-corrected chi connectivity index (χ3v) is 4.14. The maximum absolute atomic E-state index is 12.1. The number of carbonyl (C=O) groups excluding carboxylic acids is 2. The predicted octanol–water partition coefficient (Wildman–Crippen LogP) is 2.16. The van der Waals surface area contributed by atoms with Crippen molar-refractivity contribution in [2.24, 2.45) is 5.92 Å². The molecule has 4 heteroatoms. The molecule has 1 fully saturated rings. The molecule has 1 aliphatic rings. The smallest absolute Gasteiger partial charge is 0.243 e. The van der Waals surface area contributed by atoms with Crippen LogP contribution in [0.5, 0.6) is 0 Å². The molecule has 21 heavy (non-hydrogen) atoms. The SMILES string of the molecule is CC(CCN1C(=O)CNC(=O)C1C(C)C)c1ccccc1. The van der Waals surface area contributed by atoms with Crippen LogP contribution in [-0.2, 0) is 9.59 Å². The first-order valence-electron chi connectivity index (χ1n) is 7.63. The number of hydrogen-bond donors (Lipinski definition) is 1. The molecule has 2 amide bonds. The Morgan fingerprint density at radius 2 is 1.86 bits per heavy atom. The van der Waals surface area contributed by atoms with Crippen LogP contribution in [0.15, 0.2) is 30.3 Å². The van der Waals surface area contributed by atoms with E-state index in [0.717, 1.165) is 6.42 Å². The molecule has 1 N–H and O–H groups in total. The minimum Gasteiger partial charge on any atom is -0.345 e. The molecule has 1 aliphatic heterocycles. The molecular formula is C17H24N2O2. The summed E-state index contributed by atoms with van der Waals surface area (Å²) in [4.78, 5) is 25.9. The molecular weight excluding hydrogens is 264 g/mol. The van der Waals surface area contributed by atoms with Gasteiger partial charge in [-0.3, -0.25) is 9.59 Å². The first kappa shape index (κ1) is 15.5. The van der Waals surface area contributed by atoms with Gasteiger partial charge in [0.2, 0.25) is 11.8 Å². The van der Waals surface area contributed by atoms with Crippen molar-refractivity contribution >= 4 is 11.8 Å². The fourth-order valence-corrected chi connectivity index (χ4v) is 2.87. The predicted molar refractivity (Wildman–Crippen MR) is 82.8 cm³/mol. The molecule has 1 aromatic carbocycles. The van der Waals surface area contributed by atoms with Gasteiger partial charge in [-0.2, -0.15) is 0 Å². The lowest BCUT2D eigenvalue weighted by Gasteiger charge is -2.37. The zero-order valence-electron chi connectivity index (χ0n) is 13.0. The second-order valence-electron chi connectivity index (χ2n) is 6.09. The summed E-state index contributed by atoms with van der Waals surface area (Å²) in [5, 5.41) is 2.68. The Morgan fingerprint density at radius 1 is 1.19 bits per heavy atom. The fourth-order valence-electron chi connectivity index (χ4n) is 2.87. The Morgan fingerprint density at radius 3 is 2.48 bits per heavy atom. The van der Waals surface area contributed by atoms with E-state index in [9.17, 15) is 9.59 Å². The second-order valence-corrected chi connectivity index (χ2v) is 6.09. The van der Waals surface area contributed by atoms with Crippen molar-refractivity contribution in [2.75, 3.05) is 13.1 Å². The van der Waals surface area contributed by atoms with E-state index in [2.05, 4.69) is 24.4 Å². The van der Waals surface area contributed by atoms with E-state index in [1.54, 1.807) is 4.90 Å². The summed E-state index contributed by atoms with van der Waals surface area (Å²) in [5.74, 6) is 0.489. The lowest BCUT2D eigenvalue weighted by Crippen LogP contribution is -2.60. The van der Waals surface area contributed by atoms with Gasteiger partial charge in [-0.1, -0.05) is 51.1 Å². The van der Waals surface area contributed by atoms with Gasteiger partial charge in [0.25, 0.3) is 0 Å². The molecule has 0 bridgehead atoms. The zero-order chi connectivity index (χ0) is 15.4. The number of rotatable bonds is 5. The third kappa shape index (κ3) is 3.63. The molecule has 0 aliphatic carbocycles. The normalized spacial score (nSPS) is 20.6. The van der Waals surface area contributed by atoms with Gasteiger partial charge in [-0.15, -0.1) is 0 Å². The maximum Gasteiger partial charge on any atom is 0.243 e. The number of amides is 2. The number of nitrogens with zero attached hydrogens (tertiary/aromatic N) is 1. The van der Waals surface area contributed by atoms with Crippen molar-refractivity contribution in [1.29, 1.82) is 0 Å². The number of carbonyl (C=O) groups is 2. The highest BCUT2D eigenvalue weighted by molar-refractivity contribution is 5.94. The van der Waals surface area contributed by atoms with Crippen molar-refractivity contribution in [1.82, 2.24) is 10.2 Å². The van der Waals surface area contributed by atoms with Crippen LogP contribution in [0.4, 0.5) is 0 Å². The molecule has 0 radical (unpaired) electrons. The van der Waals surface area contributed by atoms with E-state index in [0.29, 0.717) is 12.5 Å². The highest BCUT2D eigenvalue weighted by Crippen LogP contribution is 2.22. The van der Waals surface area contributed by atoms with Gasteiger partial charge in [0.1, 0.15) is 6.04 Å². The van der Waals surface area contributed by atoms with E-state index >= 15 is 0 Å². The molecule has 2 unspecified atom stereocenters. The van der Waals surface area contributed by atoms with Gasteiger partial charge in [0, 0.05) is 6.54 Å². The zero-order valence-corrected chi connectivity index (χ0v) is 13.0. The van der Waals surface area contributed by atoms with Crippen LogP contribution < -0.4 is 5.32 Å². The first-order chi connectivity index (χ1) is 10.0. The molecule has 1 saturated heterocycles. The number of benzene rings is 1. The standard InChI is InChI=1S/C17H24N2O2/c1-12(2)16-17(21)18-11-15(20)19(16)10-9-13(3)14-7-5-4-6-8-14/h4-8,12-13,16H,9-11H2,1-3H3,(H,18,21). The Kier molecular flexibility index (Phi) is 4.99. The largest absolute Gasteiger partial charge is 0.345 e.